The first-order chi connectivity index (χ1) is 7.59. The maximum absolute atomic E-state index is 5.41. The molecule has 0 aliphatic carbocycles. The fraction of sp³-hybridized carbons (Fsp3) is 0.364. The highest BCUT2D eigenvalue weighted by atomic mass is 79.9. The summed E-state index contributed by atoms with van der Waals surface area (Å²) in [7, 11) is 1.92. The lowest BCUT2D eigenvalue weighted by Crippen LogP contribution is -2.07. The highest BCUT2D eigenvalue weighted by Crippen LogP contribution is 2.27. The van der Waals surface area contributed by atoms with Gasteiger partial charge in [0.25, 0.3) is 0 Å². The Bertz CT molecular complexity index is 489. The number of nitrogens with one attached hydrogen (secondary N) is 1. The van der Waals surface area contributed by atoms with Gasteiger partial charge < -0.3 is 9.73 Å². The molecule has 0 aliphatic heterocycles. The third-order valence-corrected chi connectivity index (χ3v) is 3.30. The van der Waals surface area contributed by atoms with Gasteiger partial charge in [-0.15, -0.1) is 0 Å². The lowest BCUT2D eigenvalue weighted by atomic mass is 10.2. The number of anilines is 1. The lowest BCUT2D eigenvalue weighted by Gasteiger charge is -2.12. The molecular formula is C11H14BrN3O. The largest absolute Gasteiger partial charge is 0.466 e. The van der Waals surface area contributed by atoms with Gasteiger partial charge in [0.2, 0.25) is 0 Å². The van der Waals surface area contributed by atoms with Gasteiger partial charge in [-0.1, -0.05) is 0 Å². The van der Waals surface area contributed by atoms with E-state index in [9.17, 15) is 0 Å². The SMILES string of the molecule is Cc1c(NC(C)c2occc2Br)cnn1C. The minimum atomic E-state index is 0.104. The van der Waals surface area contributed by atoms with E-state index < -0.39 is 0 Å². The Morgan fingerprint density at radius 3 is 2.81 bits per heavy atom. The molecule has 1 unspecified atom stereocenters. The monoisotopic (exact) mass is 283 g/mol. The molecule has 0 amide bonds. The van der Waals surface area contributed by atoms with Crippen LogP contribution < -0.4 is 5.32 Å². The summed E-state index contributed by atoms with van der Waals surface area (Å²) >= 11 is 3.45. The number of rotatable bonds is 3. The van der Waals surface area contributed by atoms with Crippen molar-refractivity contribution in [2.45, 2.75) is 19.9 Å². The number of halogens is 1. The summed E-state index contributed by atoms with van der Waals surface area (Å²) in [5.74, 6) is 0.892. The van der Waals surface area contributed by atoms with Crippen LogP contribution in [0.2, 0.25) is 0 Å². The van der Waals surface area contributed by atoms with Gasteiger partial charge in [0.15, 0.2) is 0 Å². The van der Waals surface area contributed by atoms with Crippen molar-refractivity contribution in [2.24, 2.45) is 7.05 Å². The predicted octanol–water partition coefficient (Wildman–Crippen LogP) is 3.26. The Morgan fingerprint density at radius 1 is 1.56 bits per heavy atom. The minimum Gasteiger partial charge on any atom is -0.466 e. The molecule has 0 saturated heterocycles. The zero-order valence-corrected chi connectivity index (χ0v) is 11.1. The maximum atomic E-state index is 5.41. The van der Waals surface area contributed by atoms with Gasteiger partial charge in [-0.05, 0) is 35.8 Å². The summed E-state index contributed by atoms with van der Waals surface area (Å²) in [5, 5.41) is 7.55. The zero-order chi connectivity index (χ0) is 11.7. The average molecular weight is 284 g/mol. The van der Waals surface area contributed by atoms with Crippen molar-refractivity contribution in [3.05, 3.63) is 34.5 Å². The lowest BCUT2D eigenvalue weighted by molar-refractivity contribution is 0.488. The fourth-order valence-corrected chi connectivity index (χ4v) is 2.10. The van der Waals surface area contributed by atoms with Crippen molar-refractivity contribution in [2.75, 3.05) is 5.32 Å². The average Bonchev–Trinajstić information content (AvgIpc) is 2.79. The molecule has 0 bridgehead atoms. The molecule has 2 aromatic rings. The fourth-order valence-electron chi connectivity index (χ4n) is 1.55. The summed E-state index contributed by atoms with van der Waals surface area (Å²) in [4.78, 5) is 0. The standard InChI is InChI=1S/C11H14BrN3O/c1-7(11-9(12)4-5-16-11)14-10-6-13-15(3)8(10)2/h4-7,14H,1-3H3. The number of aromatic nitrogens is 2. The van der Waals surface area contributed by atoms with Crippen molar-refractivity contribution in [1.29, 1.82) is 0 Å². The van der Waals surface area contributed by atoms with Crippen LogP contribution in [-0.2, 0) is 7.05 Å². The van der Waals surface area contributed by atoms with E-state index in [2.05, 4.69) is 33.3 Å². The molecule has 0 fully saturated rings. The van der Waals surface area contributed by atoms with Crippen LogP contribution in [0, 0.1) is 6.92 Å². The quantitative estimate of drug-likeness (QED) is 0.940. The molecule has 2 rings (SSSR count). The minimum absolute atomic E-state index is 0.104. The molecule has 0 spiro atoms. The van der Waals surface area contributed by atoms with Crippen molar-refractivity contribution in [1.82, 2.24) is 9.78 Å². The summed E-state index contributed by atoms with van der Waals surface area (Å²) < 4.78 is 8.23. The second-order valence-electron chi connectivity index (χ2n) is 3.77. The van der Waals surface area contributed by atoms with E-state index in [1.54, 1.807) is 6.26 Å². The number of hydrogen-bond donors (Lipinski definition) is 1. The van der Waals surface area contributed by atoms with Gasteiger partial charge in [-0.25, -0.2) is 0 Å². The molecule has 0 saturated carbocycles. The highest BCUT2D eigenvalue weighted by Gasteiger charge is 2.14. The third-order valence-electron chi connectivity index (χ3n) is 2.65. The van der Waals surface area contributed by atoms with E-state index in [4.69, 9.17) is 4.42 Å². The first-order valence-corrected chi connectivity index (χ1v) is 5.87. The van der Waals surface area contributed by atoms with Gasteiger partial charge in [0.05, 0.1) is 34.4 Å². The van der Waals surface area contributed by atoms with Gasteiger partial charge in [0.1, 0.15) is 5.76 Å². The van der Waals surface area contributed by atoms with E-state index in [-0.39, 0.29) is 6.04 Å². The van der Waals surface area contributed by atoms with Crippen LogP contribution in [0.15, 0.2) is 27.4 Å². The maximum Gasteiger partial charge on any atom is 0.139 e. The van der Waals surface area contributed by atoms with Crippen LogP contribution in [0.4, 0.5) is 5.69 Å². The summed E-state index contributed by atoms with van der Waals surface area (Å²) in [5.41, 5.74) is 2.13. The number of furan rings is 1. The van der Waals surface area contributed by atoms with Crippen molar-refractivity contribution in [3.8, 4) is 0 Å². The molecule has 0 aromatic carbocycles. The predicted molar refractivity (Wildman–Crippen MR) is 66.4 cm³/mol. The Balaban J connectivity index is 2.17. The second-order valence-corrected chi connectivity index (χ2v) is 4.62. The molecule has 16 heavy (non-hydrogen) atoms. The number of nitrogens with zero attached hydrogens (tertiary/aromatic N) is 2. The highest BCUT2D eigenvalue weighted by molar-refractivity contribution is 9.10. The summed E-state index contributed by atoms with van der Waals surface area (Å²) in [6.45, 7) is 4.08. The molecule has 4 nitrogen and oxygen atoms in total. The summed E-state index contributed by atoms with van der Waals surface area (Å²) in [6, 6.07) is 2.00. The van der Waals surface area contributed by atoms with Crippen molar-refractivity contribution in [3.63, 3.8) is 0 Å². The molecule has 2 aromatic heterocycles. The van der Waals surface area contributed by atoms with Crippen LogP contribution in [0.1, 0.15) is 24.4 Å². The van der Waals surface area contributed by atoms with Crippen LogP contribution in [-0.4, -0.2) is 9.78 Å². The third kappa shape index (κ3) is 2.00. The molecule has 2 heterocycles. The number of hydrogen-bond acceptors (Lipinski definition) is 3. The van der Waals surface area contributed by atoms with Gasteiger partial charge in [-0.2, -0.15) is 5.10 Å². The normalized spacial score (nSPS) is 12.8. The molecule has 5 heteroatoms. The van der Waals surface area contributed by atoms with Crippen LogP contribution >= 0.6 is 15.9 Å². The van der Waals surface area contributed by atoms with Crippen LogP contribution in [0.25, 0.3) is 0 Å². The topological polar surface area (TPSA) is 43.0 Å². The van der Waals surface area contributed by atoms with Gasteiger partial charge in [-0.3, -0.25) is 4.68 Å². The van der Waals surface area contributed by atoms with E-state index >= 15 is 0 Å². The Kier molecular flexibility index (Phi) is 3.05. The molecule has 0 radical (unpaired) electrons. The molecular weight excluding hydrogens is 270 g/mol. The molecule has 1 N–H and O–H groups in total. The van der Waals surface area contributed by atoms with E-state index in [1.165, 1.54) is 0 Å². The molecule has 1 atom stereocenters. The van der Waals surface area contributed by atoms with E-state index in [0.717, 1.165) is 21.6 Å². The molecule has 86 valence electrons. The number of aryl methyl sites for hydroxylation is 1. The van der Waals surface area contributed by atoms with E-state index in [0.29, 0.717) is 0 Å². The molecule has 0 aliphatic rings. The zero-order valence-electron chi connectivity index (χ0n) is 9.49. The van der Waals surface area contributed by atoms with E-state index in [1.807, 2.05) is 30.9 Å². The van der Waals surface area contributed by atoms with Gasteiger partial charge in [0, 0.05) is 7.05 Å². The van der Waals surface area contributed by atoms with Crippen LogP contribution in [0.3, 0.4) is 0 Å². The first-order valence-electron chi connectivity index (χ1n) is 5.07. The Morgan fingerprint density at radius 2 is 2.31 bits per heavy atom. The smallest absolute Gasteiger partial charge is 0.139 e. The Labute approximate surface area is 103 Å². The summed E-state index contributed by atoms with van der Waals surface area (Å²) in [6.07, 6.45) is 3.50. The van der Waals surface area contributed by atoms with Gasteiger partial charge >= 0.3 is 0 Å². The van der Waals surface area contributed by atoms with Crippen molar-refractivity contribution >= 4 is 21.6 Å². The Hall–Kier alpha value is -1.23. The van der Waals surface area contributed by atoms with Crippen molar-refractivity contribution < 1.29 is 4.42 Å². The van der Waals surface area contributed by atoms with Crippen LogP contribution in [0.5, 0.6) is 0 Å². The first kappa shape index (κ1) is 11.3. The second kappa shape index (κ2) is 4.33.